The minimum atomic E-state index is -0.0177. The van der Waals surface area contributed by atoms with Crippen molar-refractivity contribution < 1.29 is 4.74 Å². The van der Waals surface area contributed by atoms with Crippen molar-refractivity contribution in [1.29, 1.82) is 0 Å². The second-order valence-corrected chi connectivity index (χ2v) is 14.1. The van der Waals surface area contributed by atoms with Gasteiger partial charge in [-0.15, -0.1) is 0 Å². The van der Waals surface area contributed by atoms with Gasteiger partial charge in [0.2, 0.25) is 0 Å². The number of allylic oxidation sites excluding steroid dienone is 12. The van der Waals surface area contributed by atoms with Gasteiger partial charge in [0.25, 0.3) is 0 Å². The van der Waals surface area contributed by atoms with Crippen LogP contribution in [0.15, 0.2) is 69.9 Å². The molecule has 0 rings (SSSR count). The number of hydrogen-bond acceptors (Lipinski definition) is 1. The molecule has 0 bridgehead atoms. The lowest BCUT2D eigenvalue weighted by Crippen LogP contribution is -2.21. The monoisotopic (exact) mass is 581 g/mol. The third-order valence-corrected chi connectivity index (χ3v) is 8.63. The van der Waals surface area contributed by atoms with Crippen molar-refractivity contribution in [3.63, 3.8) is 0 Å². The zero-order valence-corrected chi connectivity index (χ0v) is 30.3. The number of unbranched alkanes of at least 4 members (excludes halogenated alkanes) is 1. The Balaban J connectivity index is 4.08. The summed E-state index contributed by atoms with van der Waals surface area (Å²) in [6.45, 7) is 22.7. The molecule has 0 spiro atoms. The van der Waals surface area contributed by atoms with E-state index < -0.39 is 0 Å². The molecule has 1 atom stereocenters. The van der Waals surface area contributed by atoms with Crippen molar-refractivity contribution in [2.24, 2.45) is 5.92 Å². The van der Waals surface area contributed by atoms with E-state index in [2.05, 4.69) is 106 Å². The first kappa shape index (κ1) is 40.4. The molecule has 1 nitrogen and oxygen atoms in total. The summed E-state index contributed by atoms with van der Waals surface area (Å²) in [4.78, 5) is 0. The quantitative estimate of drug-likeness (QED) is 0.0815. The third-order valence-electron chi connectivity index (χ3n) is 8.63. The molecule has 0 radical (unpaired) electrons. The summed E-state index contributed by atoms with van der Waals surface area (Å²) < 4.78 is 5.52. The summed E-state index contributed by atoms with van der Waals surface area (Å²) in [5.41, 5.74) is 9.15. The van der Waals surface area contributed by atoms with Gasteiger partial charge < -0.3 is 4.74 Å². The second-order valence-electron chi connectivity index (χ2n) is 14.1. The maximum atomic E-state index is 5.52. The summed E-state index contributed by atoms with van der Waals surface area (Å²) >= 11 is 0. The molecule has 0 fully saturated rings. The van der Waals surface area contributed by atoms with Crippen molar-refractivity contribution in [2.45, 2.75) is 178 Å². The Morgan fingerprint density at radius 1 is 0.524 bits per heavy atom. The molecule has 0 aromatic carbocycles. The Hall–Kier alpha value is -1.60. The molecule has 0 saturated carbocycles. The van der Waals surface area contributed by atoms with E-state index in [-0.39, 0.29) is 5.60 Å². The Morgan fingerprint density at radius 2 is 0.952 bits per heavy atom. The summed E-state index contributed by atoms with van der Waals surface area (Å²) in [6, 6.07) is 0. The van der Waals surface area contributed by atoms with E-state index in [1.54, 1.807) is 29.4 Å². The summed E-state index contributed by atoms with van der Waals surface area (Å²) in [5.74, 6) is 0.842. The van der Waals surface area contributed by atoms with Crippen LogP contribution in [0.2, 0.25) is 0 Å². The van der Waals surface area contributed by atoms with Gasteiger partial charge in [-0.25, -0.2) is 0 Å². The first-order chi connectivity index (χ1) is 19.8. The largest absolute Gasteiger partial charge is 0.379 e. The lowest BCUT2D eigenvalue weighted by molar-refractivity contribution is 0.0163. The maximum absolute atomic E-state index is 5.52. The van der Waals surface area contributed by atoms with Gasteiger partial charge in [-0.05, 0) is 165 Å². The Kier molecular flexibility index (Phi) is 23.9. The summed E-state index contributed by atoms with van der Waals surface area (Å²) in [6.07, 6.45) is 34.1. The first-order valence-corrected chi connectivity index (χ1v) is 17.3. The van der Waals surface area contributed by atoms with Gasteiger partial charge in [0.15, 0.2) is 0 Å². The maximum Gasteiger partial charge on any atom is 0.0625 e. The van der Waals surface area contributed by atoms with Crippen LogP contribution in [0.4, 0.5) is 0 Å². The predicted octanol–water partition coefficient (Wildman–Crippen LogP) is 14.0. The van der Waals surface area contributed by atoms with Gasteiger partial charge in [-0.3, -0.25) is 0 Å². The number of methoxy groups -OCH3 is 1. The van der Waals surface area contributed by atoms with Crippen LogP contribution in [0.5, 0.6) is 0 Å². The fraction of sp³-hybridized carbons (Fsp3) is 0.707. The fourth-order valence-corrected chi connectivity index (χ4v) is 5.21. The minimum absolute atomic E-state index is 0.0177. The molecular weight excluding hydrogens is 508 g/mol. The van der Waals surface area contributed by atoms with Gasteiger partial charge in [0, 0.05) is 7.11 Å². The molecule has 0 heterocycles. The average Bonchev–Trinajstić information content (AvgIpc) is 2.91. The summed E-state index contributed by atoms with van der Waals surface area (Å²) in [5, 5.41) is 0. The van der Waals surface area contributed by atoms with Crippen LogP contribution in [0.1, 0.15) is 172 Å². The topological polar surface area (TPSA) is 9.23 Å². The normalized spacial score (nSPS) is 14.9. The molecule has 0 amide bonds. The Morgan fingerprint density at radius 3 is 1.43 bits per heavy atom. The van der Waals surface area contributed by atoms with Crippen LogP contribution >= 0.6 is 0 Å². The molecule has 0 unspecified atom stereocenters. The van der Waals surface area contributed by atoms with E-state index in [0.29, 0.717) is 0 Å². The predicted molar refractivity (Wildman–Crippen MR) is 192 cm³/mol. The standard InChI is InChI=1S/C41H72O/c1-34(2)20-14-23-37(5)26-17-29-38(6)27-15-24-35(3)21-12-13-22-36(4)25-16-28-39(7)30-18-31-40(8)32-19-33-41(9,10)42-11/h20-22,27,30,32,37H,12-19,23-26,28-29,31,33H2,1-11H3/b35-21-,36-22-,38-27+,39-30+,40-32+/t37-/m1/s1. The second kappa shape index (κ2) is 24.8. The molecule has 242 valence electrons. The Bertz CT molecular complexity index is 882. The number of ether oxygens (including phenoxy) is 1. The van der Waals surface area contributed by atoms with Gasteiger partial charge >= 0.3 is 0 Å². The molecule has 0 aliphatic heterocycles. The number of hydrogen-bond donors (Lipinski definition) is 0. The van der Waals surface area contributed by atoms with Crippen LogP contribution in [0, 0.1) is 5.92 Å². The lowest BCUT2D eigenvalue weighted by atomic mass is 9.96. The van der Waals surface area contributed by atoms with Crippen molar-refractivity contribution in [2.75, 3.05) is 7.11 Å². The molecule has 0 saturated heterocycles. The van der Waals surface area contributed by atoms with E-state index in [9.17, 15) is 0 Å². The first-order valence-electron chi connectivity index (χ1n) is 17.3. The zero-order valence-electron chi connectivity index (χ0n) is 30.3. The molecule has 0 aliphatic carbocycles. The average molecular weight is 581 g/mol. The van der Waals surface area contributed by atoms with Gasteiger partial charge in [0.1, 0.15) is 0 Å². The van der Waals surface area contributed by atoms with Crippen molar-refractivity contribution in [1.82, 2.24) is 0 Å². The van der Waals surface area contributed by atoms with E-state index in [4.69, 9.17) is 4.74 Å². The molecule has 0 aromatic rings. The lowest BCUT2D eigenvalue weighted by Gasteiger charge is -2.21. The highest BCUT2D eigenvalue weighted by Gasteiger charge is 2.14. The van der Waals surface area contributed by atoms with Crippen molar-refractivity contribution in [3.8, 4) is 0 Å². The van der Waals surface area contributed by atoms with E-state index in [1.165, 1.54) is 94.6 Å². The third kappa shape index (κ3) is 26.1. The van der Waals surface area contributed by atoms with Crippen LogP contribution in [0.3, 0.4) is 0 Å². The van der Waals surface area contributed by atoms with Crippen molar-refractivity contribution >= 4 is 0 Å². The molecule has 0 aromatic heterocycles. The van der Waals surface area contributed by atoms with Gasteiger partial charge in [-0.2, -0.15) is 0 Å². The SMILES string of the molecule is COC(C)(C)CC/C=C(\C)CC/C=C(\C)CCC/C(C)=C\CC/C=C(/C)CC/C=C(\C)CCC[C@H](C)CCC=C(C)C. The van der Waals surface area contributed by atoms with Crippen LogP contribution in [-0.2, 0) is 4.74 Å². The highest BCUT2D eigenvalue weighted by molar-refractivity contribution is 5.07. The summed E-state index contributed by atoms with van der Waals surface area (Å²) in [7, 11) is 1.80. The number of rotatable bonds is 24. The van der Waals surface area contributed by atoms with E-state index in [0.717, 1.165) is 25.2 Å². The zero-order chi connectivity index (χ0) is 31.8. The van der Waals surface area contributed by atoms with Crippen molar-refractivity contribution in [3.05, 3.63) is 69.9 Å². The molecule has 0 aliphatic rings. The molecule has 0 N–H and O–H groups in total. The van der Waals surface area contributed by atoms with E-state index >= 15 is 0 Å². The van der Waals surface area contributed by atoms with Gasteiger partial charge in [0.05, 0.1) is 5.60 Å². The highest BCUT2D eigenvalue weighted by Crippen LogP contribution is 2.20. The molecular formula is C41H72O. The Labute approximate surface area is 264 Å². The van der Waals surface area contributed by atoms with Crippen LogP contribution < -0.4 is 0 Å². The minimum Gasteiger partial charge on any atom is -0.379 e. The van der Waals surface area contributed by atoms with Crippen LogP contribution in [0.25, 0.3) is 0 Å². The molecule has 1 heteroatoms. The highest BCUT2D eigenvalue weighted by atomic mass is 16.5. The smallest absolute Gasteiger partial charge is 0.0625 e. The molecule has 42 heavy (non-hydrogen) atoms. The van der Waals surface area contributed by atoms with Crippen LogP contribution in [-0.4, -0.2) is 12.7 Å². The van der Waals surface area contributed by atoms with Gasteiger partial charge in [-0.1, -0.05) is 83.2 Å². The van der Waals surface area contributed by atoms with E-state index in [1.807, 2.05) is 0 Å². The fourth-order valence-electron chi connectivity index (χ4n) is 5.21.